The number of rotatable bonds is 0. The van der Waals surface area contributed by atoms with E-state index in [4.69, 9.17) is 5.73 Å². The van der Waals surface area contributed by atoms with Gasteiger partial charge < -0.3 is 10.3 Å². The van der Waals surface area contributed by atoms with Crippen LogP contribution in [0.5, 0.6) is 0 Å². The van der Waals surface area contributed by atoms with Crippen molar-refractivity contribution < 1.29 is 0 Å². The van der Waals surface area contributed by atoms with Gasteiger partial charge in [0, 0.05) is 7.05 Å². The van der Waals surface area contributed by atoms with E-state index in [-0.39, 0.29) is 0 Å². The Morgan fingerprint density at radius 2 is 2.11 bits per heavy atom. The Kier molecular flexibility index (Phi) is 3.51. The van der Waals surface area contributed by atoms with Crippen LogP contribution in [0.15, 0.2) is 12.5 Å². The molecule has 1 aromatic heterocycles. The first-order valence-corrected chi connectivity index (χ1v) is 3.02. The number of imidazole rings is 1. The topological polar surface area (TPSA) is 43.8 Å². The van der Waals surface area contributed by atoms with Gasteiger partial charge in [0.15, 0.2) is 0 Å². The molecule has 1 rings (SSSR count). The van der Waals surface area contributed by atoms with Gasteiger partial charge in [-0.05, 0) is 0 Å². The van der Waals surface area contributed by atoms with Crippen LogP contribution in [0.3, 0.4) is 0 Å². The van der Waals surface area contributed by atoms with E-state index in [0.717, 1.165) is 0 Å². The second-order valence-corrected chi connectivity index (χ2v) is 1.43. The van der Waals surface area contributed by atoms with Crippen molar-refractivity contribution in [1.82, 2.24) is 9.55 Å². The lowest BCUT2D eigenvalue weighted by atomic mass is 10.8. The minimum atomic E-state index is 0.694. The molecule has 0 spiro atoms. The van der Waals surface area contributed by atoms with Crippen LogP contribution in [-0.4, -0.2) is 9.55 Å². The summed E-state index contributed by atoms with van der Waals surface area (Å²) in [5.74, 6) is 0.694. The third-order valence-electron chi connectivity index (χ3n) is 0.854. The van der Waals surface area contributed by atoms with E-state index in [1.165, 1.54) is 0 Å². The number of nitrogens with two attached hydrogens (primary N) is 1. The highest BCUT2D eigenvalue weighted by Gasteiger charge is 1.84. The average Bonchev–Trinajstić information content (AvgIpc) is 2.23. The summed E-state index contributed by atoms with van der Waals surface area (Å²) in [5, 5.41) is 0. The first-order chi connectivity index (χ1) is 4.30. The summed E-state index contributed by atoms with van der Waals surface area (Å²) in [6.45, 7) is 4.00. The summed E-state index contributed by atoms with van der Waals surface area (Å²) in [7, 11) is 1.85. The molecule has 0 aliphatic rings. The molecule has 1 aromatic rings. The Labute approximate surface area is 55.5 Å². The Bertz CT molecular complexity index is 141. The number of hydrogen-bond acceptors (Lipinski definition) is 2. The number of hydrogen-bond donors (Lipinski definition) is 1. The normalized spacial score (nSPS) is 7.89. The molecule has 0 bridgehead atoms. The maximum atomic E-state index is 5.34. The van der Waals surface area contributed by atoms with Crippen LogP contribution in [0.1, 0.15) is 13.8 Å². The predicted octanol–water partition coefficient (Wildman–Crippen LogP) is 1.03. The van der Waals surface area contributed by atoms with Gasteiger partial charge in [0.1, 0.15) is 5.82 Å². The SMILES string of the molecule is CC.Cn1cncc1N. The number of anilines is 1. The molecule has 3 nitrogen and oxygen atoms in total. The minimum absolute atomic E-state index is 0.694. The van der Waals surface area contributed by atoms with Gasteiger partial charge in [-0.1, -0.05) is 13.8 Å². The van der Waals surface area contributed by atoms with Crippen LogP contribution >= 0.6 is 0 Å². The molecular weight excluding hydrogens is 114 g/mol. The first kappa shape index (κ1) is 8.01. The maximum absolute atomic E-state index is 5.34. The van der Waals surface area contributed by atoms with Crippen LogP contribution in [-0.2, 0) is 7.05 Å². The maximum Gasteiger partial charge on any atom is 0.122 e. The van der Waals surface area contributed by atoms with Crippen molar-refractivity contribution in [1.29, 1.82) is 0 Å². The van der Waals surface area contributed by atoms with Crippen molar-refractivity contribution >= 4 is 5.82 Å². The molecule has 52 valence electrons. The van der Waals surface area contributed by atoms with Crippen molar-refractivity contribution in [3.63, 3.8) is 0 Å². The highest BCUT2D eigenvalue weighted by atomic mass is 15.1. The van der Waals surface area contributed by atoms with E-state index < -0.39 is 0 Å². The summed E-state index contributed by atoms with van der Waals surface area (Å²) in [6.07, 6.45) is 3.27. The Morgan fingerprint density at radius 1 is 1.56 bits per heavy atom. The van der Waals surface area contributed by atoms with Gasteiger partial charge in [0.05, 0.1) is 12.5 Å². The summed E-state index contributed by atoms with van der Waals surface area (Å²) in [4.78, 5) is 3.76. The minimum Gasteiger partial charge on any atom is -0.384 e. The number of nitrogens with zero attached hydrogens (tertiary/aromatic N) is 2. The summed E-state index contributed by atoms with van der Waals surface area (Å²) in [5.41, 5.74) is 5.34. The Hall–Kier alpha value is -0.990. The van der Waals surface area contributed by atoms with E-state index in [1.807, 2.05) is 20.9 Å². The molecule has 1 heterocycles. The van der Waals surface area contributed by atoms with E-state index in [2.05, 4.69) is 4.98 Å². The molecule has 0 atom stereocenters. The highest BCUT2D eigenvalue weighted by Crippen LogP contribution is 1.92. The largest absolute Gasteiger partial charge is 0.384 e. The molecule has 3 heteroatoms. The van der Waals surface area contributed by atoms with Crippen LogP contribution in [0.25, 0.3) is 0 Å². The zero-order valence-electron chi connectivity index (χ0n) is 6.13. The highest BCUT2D eigenvalue weighted by molar-refractivity contribution is 5.23. The predicted molar refractivity (Wildman–Crippen MR) is 39.0 cm³/mol. The molecule has 0 fully saturated rings. The number of aryl methyl sites for hydroxylation is 1. The van der Waals surface area contributed by atoms with E-state index in [0.29, 0.717) is 5.82 Å². The van der Waals surface area contributed by atoms with Gasteiger partial charge in [0.25, 0.3) is 0 Å². The molecule has 2 N–H and O–H groups in total. The van der Waals surface area contributed by atoms with Crippen molar-refractivity contribution in [2.24, 2.45) is 7.05 Å². The van der Waals surface area contributed by atoms with Crippen LogP contribution in [0.4, 0.5) is 5.82 Å². The summed E-state index contributed by atoms with van der Waals surface area (Å²) < 4.78 is 1.75. The third kappa shape index (κ3) is 2.17. The second-order valence-electron chi connectivity index (χ2n) is 1.43. The molecule has 0 aliphatic carbocycles. The molecule has 0 saturated carbocycles. The molecule has 9 heavy (non-hydrogen) atoms. The second kappa shape index (κ2) is 3.95. The van der Waals surface area contributed by atoms with Crippen molar-refractivity contribution in [2.75, 3.05) is 5.73 Å². The fourth-order valence-electron chi connectivity index (χ4n) is 0.367. The lowest BCUT2D eigenvalue weighted by Gasteiger charge is -1.87. The molecule has 0 saturated heterocycles. The van der Waals surface area contributed by atoms with E-state index >= 15 is 0 Å². The fourth-order valence-corrected chi connectivity index (χ4v) is 0.367. The lowest BCUT2D eigenvalue weighted by Crippen LogP contribution is -1.92. The Morgan fingerprint density at radius 3 is 2.22 bits per heavy atom. The molecule has 0 unspecified atom stereocenters. The van der Waals surface area contributed by atoms with Gasteiger partial charge in [-0.2, -0.15) is 0 Å². The number of nitrogen functional groups attached to an aromatic ring is 1. The van der Waals surface area contributed by atoms with Gasteiger partial charge in [-0.25, -0.2) is 4.98 Å². The molecule has 0 aromatic carbocycles. The molecule has 0 aliphatic heterocycles. The molecule has 0 radical (unpaired) electrons. The number of aromatic nitrogens is 2. The monoisotopic (exact) mass is 127 g/mol. The van der Waals surface area contributed by atoms with Gasteiger partial charge in [-0.15, -0.1) is 0 Å². The van der Waals surface area contributed by atoms with Crippen LogP contribution < -0.4 is 5.73 Å². The zero-order chi connectivity index (χ0) is 7.28. The Balaban J connectivity index is 0.000000291. The summed E-state index contributed by atoms with van der Waals surface area (Å²) >= 11 is 0. The van der Waals surface area contributed by atoms with Crippen LogP contribution in [0.2, 0.25) is 0 Å². The molecular formula is C6H13N3. The van der Waals surface area contributed by atoms with Crippen molar-refractivity contribution in [3.8, 4) is 0 Å². The molecule has 0 amide bonds. The van der Waals surface area contributed by atoms with Gasteiger partial charge in [0.2, 0.25) is 0 Å². The first-order valence-electron chi connectivity index (χ1n) is 3.02. The van der Waals surface area contributed by atoms with E-state index in [9.17, 15) is 0 Å². The van der Waals surface area contributed by atoms with Gasteiger partial charge in [-0.3, -0.25) is 0 Å². The summed E-state index contributed by atoms with van der Waals surface area (Å²) in [6, 6.07) is 0. The smallest absolute Gasteiger partial charge is 0.122 e. The zero-order valence-corrected chi connectivity index (χ0v) is 6.13. The van der Waals surface area contributed by atoms with Crippen molar-refractivity contribution in [2.45, 2.75) is 13.8 Å². The van der Waals surface area contributed by atoms with Gasteiger partial charge >= 0.3 is 0 Å². The van der Waals surface area contributed by atoms with Crippen LogP contribution in [0, 0.1) is 0 Å². The lowest BCUT2D eigenvalue weighted by molar-refractivity contribution is 0.925. The fraction of sp³-hybridized carbons (Fsp3) is 0.500. The quantitative estimate of drug-likeness (QED) is 0.565. The van der Waals surface area contributed by atoms with E-state index in [1.54, 1.807) is 17.1 Å². The third-order valence-corrected chi connectivity index (χ3v) is 0.854. The standard InChI is InChI=1S/C4H7N3.C2H6/c1-7-3-6-2-4(7)5;1-2/h2-3H,5H2,1H3;1-2H3. The average molecular weight is 127 g/mol. The van der Waals surface area contributed by atoms with Crippen molar-refractivity contribution in [3.05, 3.63) is 12.5 Å².